The van der Waals surface area contributed by atoms with Gasteiger partial charge >= 0.3 is 5.97 Å². The fourth-order valence-corrected chi connectivity index (χ4v) is 2.27. The highest BCUT2D eigenvalue weighted by Crippen LogP contribution is 2.24. The van der Waals surface area contributed by atoms with Crippen molar-refractivity contribution < 1.29 is 9.90 Å². The molecule has 0 aliphatic heterocycles. The Morgan fingerprint density at radius 3 is 2.82 bits per heavy atom. The number of rotatable bonds is 2. The largest absolute Gasteiger partial charge is 0.478 e. The van der Waals surface area contributed by atoms with Gasteiger partial charge in [-0.3, -0.25) is 9.97 Å². The summed E-state index contributed by atoms with van der Waals surface area (Å²) in [6, 6.07) is 1.85. The first-order valence-electron chi connectivity index (χ1n) is 5.22. The zero-order valence-electron chi connectivity index (χ0n) is 9.49. The van der Waals surface area contributed by atoms with Gasteiger partial charge in [0.15, 0.2) is 0 Å². The quantitative estimate of drug-likeness (QED) is 0.925. The average molecular weight is 295 g/mol. The molecule has 5 heteroatoms. The molecule has 0 spiro atoms. The van der Waals surface area contributed by atoms with E-state index in [2.05, 4.69) is 25.9 Å². The molecular weight excluding hydrogens is 284 g/mol. The summed E-state index contributed by atoms with van der Waals surface area (Å²) >= 11 is 3.33. The highest BCUT2D eigenvalue weighted by molar-refractivity contribution is 9.10. The van der Waals surface area contributed by atoms with Crippen molar-refractivity contribution in [1.82, 2.24) is 9.97 Å². The lowest BCUT2D eigenvalue weighted by molar-refractivity contribution is 0.0694. The Labute approximate surface area is 107 Å². The minimum atomic E-state index is -0.946. The first-order chi connectivity index (χ1) is 8.04. The predicted molar refractivity (Wildman–Crippen MR) is 68.3 cm³/mol. The van der Waals surface area contributed by atoms with E-state index in [0.29, 0.717) is 17.6 Å². The van der Waals surface area contributed by atoms with Crippen molar-refractivity contribution >= 4 is 32.9 Å². The van der Waals surface area contributed by atoms with E-state index in [1.807, 2.05) is 13.0 Å². The number of aromatic nitrogens is 2. The lowest BCUT2D eigenvalue weighted by atomic mass is 10.0. The maximum atomic E-state index is 11.2. The van der Waals surface area contributed by atoms with Gasteiger partial charge in [-0.15, -0.1) is 0 Å². The van der Waals surface area contributed by atoms with E-state index >= 15 is 0 Å². The second-order valence-electron chi connectivity index (χ2n) is 3.73. The second kappa shape index (κ2) is 4.41. The van der Waals surface area contributed by atoms with E-state index in [0.717, 1.165) is 15.6 Å². The van der Waals surface area contributed by atoms with Crippen molar-refractivity contribution in [3.8, 4) is 0 Å². The number of hydrogen-bond acceptors (Lipinski definition) is 3. The van der Waals surface area contributed by atoms with Crippen LogP contribution in [0.4, 0.5) is 0 Å². The minimum Gasteiger partial charge on any atom is -0.478 e. The molecule has 0 atom stereocenters. The fourth-order valence-electron chi connectivity index (χ4n) is 1.95. The molecule has 0 aliphatic rings. The van der Waals surface area contributed by atoms with E-state index in [-0.39, 0.29) is 5.56 Å². The number of aryl methyl sites for hydroxylation is 2. The molecule has 0 unspecified atom stereocenters. The molecule has 0 saturated heterocycles. The van der Waals surface area contributed by atoms with Crippen LogP contribution in [0.2, 0.25) is 0 Å². The Bertz CT molecular complexity index is 611. The summed E-state index contributed by atoms with van der Waals surface area (Å²) in [7, 11) is 0. The molecule has 0 bridgehead atoms. The van der Waals surface area contributed by atoms with Gasteiger partial charge in [0.25, 0.3) is 0 Å². The summed E-state index contributed by atoms with van der Waals surface area (Å²) < 4.78 is 0.835. The third-order valence-electron chi connectivity index (χ3n) is 2.64. The van der Waals surface area contributed by atoms with E-state index < -0.39 is 5.97 Å². The van der Waals surface area contributed by atoms with Crippen LogP contribution in [-0.4, -0.2) is 21.0 Å². The number of halogens is 1. The molecule has 0 saturated carbocycles. The summed E-state index contributed by atoms with van der Waals surface area (Å²) in [5.41, 5.74) is 2.93. The Hall–Kier alpha value is -1.49. The molecule has 2 aromatic rings. The molecule has 0 fully saturated rings. The minimum absolute atomic E-state index is 0.273. The van der Waals surface area contributed by atoms with Gasteiger partial charge in [0, 0.05) is 10.7 Å². The number of carbonyl (C=O) groups is 1. The number of carboxylic acids is 1. The van der Waals surface area contributed by atoms with E-state index in [4.69, 9.17) is 0 Å². The molecule has 0 radical (unpaired) electrons. The molecule has 2 heterocycles. The Morgan fingerprint density at radius 1 is 1.53 bits per heavy atom. The van der Waals surface area contributed by atoms with Gasteiger partial charge in [0.1, 0.15) is 0 Å². The Kier molecular flexibility index (Phi) is 3.11. The van der Waals surface area contributed by atoms with Crippen molar-refractivity contribution in [2.24, 2.45) is 0 Å². The van der Waals surface area contributed by atoms with E-state index in [1.54, 1.807) is 13.1 Å². The lowest BCUT2D eigenvalue weighted by Gasteiger charge is -2.10. The van der Waals surface area contributed by atoms with Crippen molar-refractivity contribution in [3.63, 3.8) is 0 Å². The molecule has 17 heavy (non-hydrogen) atoms. The summed E-state index contributed by atoms with van der Waals surface area (Å²) in [4.78, 5) is 19.8. The first kappa shape index (κ1) is 12.0. The highest BCUT2D eigenvalue weighted by atomic mass is 79.9. The molecule has 2 aromatic heterocycles. The van der Waals surface area contributed by atoms with Gasteiger partial charge in [-0.05, 0) is 40.9 Å². The van der Waals surface area contributed by atoms with Crippen molar-refractivity contribution in [2.45, 2.75) is 20.3 Å². The van der Waals surface area contributed by atoms with Crippen LogP contribution in [0.15, 0.2) is 16.7 Å². The van der Waals surface area contributed by atoms with Crippen LogP contribution in [-0.2, 0) is 6.42 Å². The Balaban J connectivity index is 2.90. The van der Waals surface area contributed by atoms with Gasteiger partial charge in [-0.25, -0.2) is 4.79 Å². The zero-order chi connectivity index (χ0) is 12.6. The predicted octanol–water partition coefficient (Wildman–Crippen LogP) is 2.96. The highest BCUT2D eigenvalue weighted by Gasteiger charge is 2.17. The summed E-state index contributed by atoms with van der Waals surface area (Å²) in [6.07, 6.45) is 2.28. The molecule has 0 amide bonds. The molecule has 1 N–H and O–H groups in total. The summed E-state index contributed by atoms with van der Waals surface area (Å²) in [6.45, 7) is 3.63. The van der Waals surface area contributed by atoms with Crippen LogP contribution in [0, 0.1) is 6.92 Å². The molecule has 4 nitrogen and oxygen atoms in total. The number of carboxylic acid groups (broad SMARTS) is 1. The van der Waals surface area contributed by atoms with Gasteiger partial charge in [-0.1, -0.05) is 6.92 Å². The van der Waals surface area contributed by atoms with Crippen molar-refractivity contribution in [2.75, 3.05) is 0 Å². The van der Waals surface area contributed by atoms with Gasteiger partial charge < -0.3 is 5.11 Å². The van der Waals surface area contributed by atoms with E-state index in [9.17, 15) is 9.90 Å². The van der Waals surface area contributed by atoms with Crippen LogP contribution in [0.25, 0.3) is 11.0 Å². The normalized spacial score (nSPS) is 10.8. The standard InChI is InChI=1S/C12H11BrN2O2/c1-3-8-10(12(16)17)6(2)15-9-4-7(13)5-14-11(8)9/h4-5H,3H2,1-2H3,(H,16,17). The number of hydrogen-bond donors (Lipinski definition) is 1. The number of pyridine rings is 2. The fraction of sp³-hybridized carbons (Fsp3) is 0.250. The van der Waals surface area contributed by atoms with Crippen LogP contribution >= 0.6 is 15.9 Å². The van der Waals surface area contributed by atoms with Gasteiger partial charge in [0.05, 0.1) is 22.3 Å². The second-order valence-corrected chi connectivity index (χ2v) is 4.65. The Morgan fingerprint density at radius 2 is 2.24 bits per heavy atom. The molecule has 0 aromatic carbocycles. The topological polar surface area (TPSA) is 63.1 Å². The zero-order valence-corrected chi connectivity index (χ0v) is 11.1. The summed E-state index contributed by atoms with van der Waals surface area (Å²) in [5.74, 6) is -0.946. The van der Waals surface area contributed by atoms with Crippen LogP contribution in [0.3, 0.4) is 0 Å². The smallest absolute Gasteiger partial charge is 0.337 e. The molecule has 88 valence electrons. The van der Waals surface area contributed by atoms with Crippen LogP contribution in [0.1, 0.15) is 28.5 Å². The maximum absolute atomic E-state index is 11.2. The lowest BCUT2D eigenvalue weighted by Crippen LogP contribution is -2.08. The number of nitrogens with zero attached hydrogens (tertiary/aromatic N) is 2. The van der Waals surface area contributed by atoms with Crippen LogP contribution in [0.5, 0.6) is 0 Å². The third kappa shape index (κ3) is 2.02. The summed E-state index contributed by atoms with van der Waals surface area (Å²) in [5, 5.41) is 9.21. The SMILES string of the molecule is CCc1c(C(=O)O)c(C)nc2cc(Br)cnc12. The van der Waals surface area contributed by atoms with Gasteiger partial charge in [-0.2, -0.15) is 0 Å². The van der Waals surface area contributed by atoms with Crippen molar-refractivity contribution in [1.29, 1.82) is 0 Å². The number of fused-ring (bicyclic) bond motifs is 1. The van der Waals surface area contributed by atoms with Crippen LogP contribution < -0.4 is 0 Å². The first-order valence-corrected chi connectivity index (χ1v) is 6.02. The monoisotopic (exact) mass is 294 g/mol. The third-order valence-corrected chi connectivity index (χ3v) is 3.07. The van der Waals surface area contributed by atoms with Crippen molar-refractivity contribution in [3.05, 3.63) is 33.6 Å². The maximum Gasteiger partial charge on any atom is 0.337 e. The van der Waals surface area contributed by atoms with E-state index in [1.165, 1.54) is 0 Å². The average Bonchev–Trinajstić information content (AvgIpc) is 2.26. The molecular formula is C12H11BrN2O2. The van der Waals surface area contributed by atoms with Gasteiger partial charge in [0.2, 0.25) is 0 Å². The molecule has 0 aliphatic carbocycles. The number of aromatic carboxylic acids is 1. The molecule has 2 rings (SSSR count).